The summed E-state index contributed by atoms with van der Waals surface area (Å²) in [5.41, 5.74) is 1.61. The maximum Gasteiger partial charge on any atom is 0.416 e. The first kappa shape index (κ1) is 24.0. The molecule has 10 heteroatoms. The molecule has 2 aromatic heterocycles. The fourth-order valence-electron chi connectivity index (χ4n) is 4.19. The van der Waals surface area contributed by atoms with Crippen LogP contribution in [0.3, 0.4) is 0 Å². The number of pyridine rings is 1. The van der Waals surface area contributed by atoms with Gasteiger partial charge in [0.15, 0.2) is 5.65 Å². The van der Waals surface area contributed by atoms with Crippen LogP contribution in [0.5, 0.6) is 0 Å². The number of carbonyl (C=O) groups is 1. The molecule has 1 aliphatic heterocycles. The molecular weight excluding hydrogens is 447 g/mol. The van der Waals surface area contributed by atoms with Crippen LogP contribution in [0.2, 0.25) is 0 Å². The number of nitrogens with zero attached hydrogens (tertiary/aromatic N) is 3. The Hall–Kier alpha value is -3.14. The Balaban J connectivity index is 1.63. The maximum absolute atomic E-state index is 13.4. The van der Waals surface area contributed by atoms with Gasteiger partial charge in [0.1, 0.15) is 0 Å². The number of carbonyl (C=O) groups excluding carboxylic acids is 1. The summed E-state index contributed by atoms with van der Waals surface area (Å²) in [6.07, 6.45) is 0.984. The van der Waals surface area contributed by atoms with Crippen LogP contribution in [-0.4, -0.2) is 39.9 Å². The molecule has 1 aliphatic rings. The lowest BCUT2D eigenvalue weighted by molar-refractivity contribution is -0.137. The van der Waals surface area contributed by atoms with E-state index >= 15 is 0 Å². The van der Waals surface area contributed by atoms with Gasteiger partial charge in [-0.05, 0) is 43.9 Å². The van der Waals surface area contributed by atoms with Crippen LogP contribution in [-0.2, 0) is 17.5 Å². The summed E-state index contributed by atoms with van der Waals surface area (Å²) in [6.45, 7) is 5.78. The largest absolute Gasteiger partial charge is 0.416 e. The zero-order chi connectivity index (χ0) is 24.3. The molecule has 7 nitrogen and oxygen atoms in total. The van der Waals surface area contributed by atoms with Crippen molar-refractivity contribution in [2.24, 2.45) is 0 Å². The van der Waals surface area contributed by atoms with Crippen molar-refractivity contribution in [1.82, 2.24) is 20.1 Å². The second kappa shape index (κ2) is 10.0. The highest BCUT2D eigenvalue weighted by molar-refractivity contribution is 6.06. The molecule has 0 spiro atoms. The second-order valence-electron chi connectivity index (χ2n) is 8.33. The lowest BCUT2D eigenvalue weighted by Gasteiger charge is -2.26. The minimum absolute atomic E-state index is 0.146. The zero-order valence-electron chi connectivity index (χ0n) is 19.2. The summed E-state index contributed by atoms with van der Waals surface area (Å²) in [5, 5.41) is 11.6. The number of alkyl halides is 3. The first-order valence-electron chi connectivity index (χ1n) is 11.5. The third kappa shape index (κ3) is 5.01. The number of benzene rings is 1. The molecular formula is C24H28F3N5O2. The van der Waals surface area contributed by atoms with Crippen molar-refractivity contribution in [2.45, 2.75) is 57.9 Å². The van der Waals surface area contributed by atoms with E-state index in [9.17, 15) is 18.0 Å². The molecule has 1 amide bonds. The Bertz CT molecular complexity index is 1140. The number of nitrogens with one attached hydrogen (secondary N) is 2. The molecule has 0 saturated carbocycles. The number of hydrogen-bond acceptors (Lipinski definition) is 5. The van der Waals surface area contributed by atoms with Gasteiger partial charge in [0.25, 0.3) is 5.91 Å². The molecule has 0 radical (unpaired) electrons. The summed E-state index contributed by atoms with van der Waals surface area (Å²) in [6, 6.07) is 4.59. The highest BCUT2D eigenvalue weighted by Gasteiger charge is 2.30. The SMILES string of the molecule is CCC(NC(=O)c1cnc2c(cnn2CC)c1NC1CCOCC1)c1ccc(C(F)(F)F)cc1. The van der Waals surface area contributed by atoms with Gasteiger partial charge in [-0.15, -0.1) is 0 Å². The molecule has 1 atom stereocenters. The Morgan fingerprint density at radius 3 is 2.50 bits per heavy atom. The Kier molecular flexibility index (Phi) is 7.06. The van der Waals surface area contributed by atoms with Crippen LogP contribution in [0, 0.1) is 0 Å². The first-order valence-corrected chi connectivity index (χ1v) is 11.5. The normalized spacial score (nSPS) is 15.9. The molecule has 3 heterocycles. The summed E-state index contributed by atoms with van der Waals surface area (Å²) in [7, 11) is 0. The number of hydrogen-bond donors (Lipinski definition) is 2. The standard InChI is InChI=1S/C24H28F3N5O2/c1-3-20(15-5-7-16(8-6-15)24(25,26)27)31-23(33)19-13-28-22-18(14-29-32(22)4-2)21(19)30-17-9-11-34-12-10-17/h5-8,13-14,17,20H,3-4,9-12H2,1-2H3,(H,28,30)(H,31,33). The fraction of sp³-hybridized carbons (Fsp3) is 0.458. The van der Waals surface area contributed by atoms with Gasteiger partial charge in [-0.3, -0.25) is 4.79 Å². The van der Waals surface area contributed by atoms with Gasteiger partial charge in [0, 0.05) is 32.0 Å². The van der Waals surface area contributed by atoms with Gasteiger partial charge in [0.2, 0.25) is 0 Å². The Morgan fingerprint density at radius 1 is 1.18 bits per heavy atom. The van der Waals surface area contributed by atoms with Gasteiger partial charge in [-0.2, -0.15) is 18.3 Å². The van der Waals surface area contributed by atoms with Crippen LogP contribution in [0.25, 0.3) is 11.0 Å². The summed E-state index contributed by atoms with van der Waals surface area (Å²) >= 11 is 0. The monoisotopic (exact) mass is 475 g/mol. The summed E-state index contributed by atoms with van der Waals surface area (Å²) in [4.78, 5) is 17.9. The molecule has 1 unspecified atom stereocenters. The third-order valence-electron chi connectivity index (χ3n) is 6.13. The average Bonchev–Trinajstić information content (AvgIpc) is 3.26. The number of halogens is 3. The lowest BCUT2D eigenvalue weighted by Crippen LogP contribution is -2.32. The molecule has 4 rings (SSSR count). The highest BCUT2D eigenvalue weighted by Crippen LogP contribution is 2.31. The summed E-state index contributed by atoms with van der Waals surface area (Å²) < 4.78 is 46.0. The van der Waals surface area contributed by atoms with Crippen molar-refractivity contribution in [1.29, 1.82) is 0 Å². The lowest BCUT2D eigenvalue weighted by atomic mass is 10.0. The quantitative estimate of drug-likeness (QED) is 0.506. The molecule has 1 aromatic carbocycles. The van der Waals surface area contributed by atoms with Crippen LogP contribution in [0.4, 0.5) is 18.9 Å². The van der Waals surface area contributed by atoms with Gasteiger partial charge in [-0.25, -0.2) is 9.67 Å². The molecule has 3 aromatic rings. The van der Waals surface area contributed by atoms with Crippen LogP contribution in [0.1, 0.15) is 60.6 Å². The van der Waals surface area contributed by atoms with E-state index in [1.54, 1.807) is 10.9 Å². The van der Waals surface area contributed by atoms with E-state index in [0.29, 0.717) is 48.6 Å². The van der Waals surface area contributed by atoms with E-state index in [1.807, 2.05) is 13.8 Å². The fourth-order valence-corrected chi connectivity index (χ4v) is 4.19. The van der Waals surface area contributed by atoms with Crippen molar-refractivity contribution < 1.29 is 22.7 Å². The Morgan fingerprint density at radius 2 is 1.88 bits per heavy atom. The number of rotatable bonds is 7. The van der Waals surface area contributed by atoms with Crippen molar-refractivity contribution in [2.75, 3.05) is 18.5 Å². The van der Waals surface area contributed by atoms with Gasteiger partial charge < -0.3 is 15.4 Å². The zero-order valence-corrected chi connectivity index (χ0v) is 19.2. The molecule has 34 heavy (non-hydrogen) atoms. The number of amides is 1. The van der Waals surface area contributed by atoms with Crippen molar-refractivity contribution >= 4 is 22.6 Å². The minimum atomic E-state index is -4.40. The molecule has 2 N–H and O–H groups in total. The topological polar surface area (TPSA) is 81.1 Å². The highest BCUT2D eigenvalue weighted by atomic mass is 19.4. The molecule has 0 aliphatic carbocycles. The number of aryl methyl sites for hydroxylation is 1. The molecule has 0 bridgehead atoms. The predicted octanol–water partition coefficient (Wildman–Crippen LogP) is 4.94. The molecule has 1 fully saturated rings. The second-order valence-corrected chi connectivity index (χ2v) is 8.33. The van der Waals surface area contributed by atoms with E-state index in [0.717, 1.165) is 30.4 Å². The molecule has 1 saturated heterocycles. The maximum atomic E-state index is 13.4. The van der Waals surface area contributed by atoms with E-state index in [2.05, 4.69) is 20.7 Å². The van der Waals surface area contributed by atoms with Crippen LogP contribution >= 0.6 is 0 Å². The van der Waals surface area contributed by atoms with E-state index in [4.69, 9.17) is 4.74 Å². The van der Waals surface area contributed by atoms with Gasteiger partial charge >= 0.3 is 6.18 Å². The first-order chi connectivity index (χ1) is 16.3. The van der Waals surface area contributed by atoms with Crippen molar-refractivity contribution in [3.05, 3.63) is 53.3 Å². The average molecular weight is 476 g/mol. The number of fused-ring (bicyclic) bond motifs is 1. The number of aromatic nitrogens is 3. The van der Waals surface area contributed by atoms with E-state index in [-0.39, 0.29) is 11.9 Å². The van der Waals surface area contributed by atoms with Gasteiger partial charge in [0.05, 0.1) is 34.4 Å². The van der Waals surface area contributed by atoms with Gasteiger partial charge in [-0.1, -0.05) is 19.1 Å². The number of anilines is 1. The van der Waals surface area contributed by atoms with Crippen molar-refractivity contribution in [3.63, 3.8) is 0 Å². The third-order valence-corrected chi connectivity index (χ3v) is 6.13. The van der Waals surface area contributed by atoms with E-state index < -0.39 is 17.8 Å². The summed E-state index contributed by atoms with van der Waals surface area (Å²) in [5.74, 6) is -0.347. The smallest absolute Gasteiger partial charge is 0.381 e. The van der Waals surface area contributed by atoms with Crippen LogP contribution < -0.4 is 10.6 Å². The van der Waals surface area contributed by atoms with Crippen LogP contribution in [0.15, 0.2) is 36.7 Å². The van der Waals surface area contributed by atoms with Crippen molar-refractivity contribution in [3.8, 4) is 0 Å². The predicted molar refractivity (Wildman–Crippen MR) is 123 cm³/mol. The Labute approximate surface area is 195 Å². The van der Waals surface area contributed by atoms with E-state index in [1.165, 1.54) is 18.3 Å². The number of ether oxygens (including phenoxy) is 1. The minimum Gasteiger partial charge on any atom is -0.381 e. The molecule has 182 valence electrons.